The van der Waals surface area contributed by atoms with Gasteiger partial charge in [-0.3, -0.25) is 0 Å². The lowest BCUT2D eigenvalue weighted by Crippen LogP contribution is -1.99. The van der Waals surface area contributed by atoms with Crippen LogP contribution in [0.5, 0.6) is 0 Å². The SMILES string of the molecule is c1ccc(-c2nc(-c3ccccc3)nc(-c3ccc4c(c3)sc3c(-c5ccc6c(c5)oc5ccc(-n7c8ccccc8c8ccccc87)cc56)cccc34)n2)cc1. The first-order valence-corrected chi connectivity index (χ1v) is 19.8. The smallest absolute Gasteiger partial charge is 0.164 e. The standard InChI is InChI=1S/C51H30N4OS/c1-3-12-31(13-4-1)49-52-50(32-14-5-2-6-15-32)54-51(53-49)34-23-26-40-41-19-11-18-36(48(41)57-47(40)29-34)33-22-25-39-42-30-35(24-27-45(42)56-46(39)28-33)55-43-20-9-7-16-37(43)38-17-8-10-21-44(38)55/h1-30H. The highest BCUT2D eigenvalue weighted by Crippen LogP contribution is 2.43. The van der Waals surface area contributed by atoms with Gasteiger partial charge in [0, 0.05) is 64.1 Å². The zero-order chi connectivity index (χ0) is 37.5. The molecular formula is C51H30N4OS. The summed E-state index contributed by atoms with van der Waals surface area (Å²) in [5, 5.41) is 7.15. The summed E-state index contributed by atoms with van der Waals surface area (Å²) in [6.45, 7) is 0. The molecular weight excluding hydrogens is 717 g/mol. The third-order valence-electron chi connectivity index (χ3n) is 11.1. The molecule has 0 aliphatic heterocycles. The van der Waals surface area contributed by atoms with Gasteiger partial charge < -0.3 is 8.98 Å². The van der Waals surface area contributed by atoms with Gasteiger partial charge in [-0.25, -0.2) is 15.0 Å². The highest BCUT2D eigenvalue weighted by atomic mass is 32.1. The van der Waals surface area contributed by atoms with Crippen LogP contribution in [0.25, 0.3) is 115 Å². The van der Waals surface area contributed by atoms with Crippen molar-refractivity contribution < 1.29 is 4.42 Å². The molecule has 0 aliphatic carbocycles. The number of nitrogens with zero attached hydrogens (tertiary/aromatic N) is 4. The van der Waals surface area contributed by atoms with Crippen LogP contribution in [0, 0.1) is 0 Å². The number of benzene rings is 8. The molecule has 0 unspecified atom stereocenters. The summed E-state index contributed by atoms with van der Waals surface area (Å²) in [7, 11) is 0. The lowest BCUT2D eigenvalue weighted by atomic mass is 10.0. The van der Waals surface area contributed by atoms with E-state index in [-0.39, 0.29) is 0 Å². The van der Waals surface area contributed by atoms with Crippen LogP contribution in [0.2, 0.25) is 0 Å². The number of fused-ring (bicyclic) bond motifs is 9. The normalized spacial score (nSPS) is 11.9. The lowest BCUT2D eigenvalue weighted by Gasteiger charge is -2.08. The molecule has 0 saturated heterocycles. The van der Waals surface area contributed by atoms with Gasteiger partial charge in [0.15, 0.2) is 17.5 Å². The molecule has 0 atom stereocenters. The molecule has 8 aromatic carbocycles. The summed E-state index contributed by atoms with van der Waals surface area (Å²) in [5.41, 5.74) is 10.4. The van der Waals surface area contributed by atoms with Crippen LogP contribution in [0.4, 0.5) is 0 Å². The lowest BCUT2D eigenvalue weighted by molar-refractivity contribution is 0.669. The van der Waals surface area contributed by atoms with E-state index in [9.17, 15) is 0 Å². The molecule has 4 heterocycles. The van der Waals surface area contributed by atoms with Crippen molar-refractivity contribution in [2.45, 2.75) is 0 Å². The molecule has 12 aromatic rings. The summed E-state index contributed by atoms with van der Waals surface area (Å²) < 4.78 is 11.3. The summed E-state index contributed by atoms with van der Waals surface area (Å²) in [6.07, 6.45) is 0. The van der Waals surface area contributed by atoms with Crippen LogP contribution in [0.1, 0.15) is 0 Å². The Morgan fingerprint density at radius 2 is 0.982 bits per heavy atom. The Hall–Kier alpha value is -7.41. The maximum atomic E-state index is 6.56. The van der Waals surface area contributed by atoms with Gasteiger partial charge in [-0.05, 0) is 59.7 Å². The fourth-order valence-electron chi connectivity index (χ4n) is 8.37. The molecule has 0 bridgehead atoms. The van der Waals surface area contributed by atoms with Crippen molar-refractivity contribution in [1.29, 1.82) is 0 Å². The number of hydrogen-bond acceptors (Lipinski definition) is 5. The fraction of sp³-hybridized carbons (Fsp3) is 0. The number of rotatable bonds is 5. The van der Waals surface area contributed by atoms with Gasteiger partial charge in [-0.15, -0.1) is 11.3 Å². The maximum Gasteiger partial charge on any atom is 0.164 e. The Morgan fingerprint density at radius 3 is 1.68 bits per heavy atom. The Morgan fingerprint density at radius 1 is 0.386 bits per heavy atom. The molecule has 0 radical (unpaired) electrons. The van der Waals surface area contributed by atoms with Crippen LogP contribution >= 0.6 is 11.3 Å². The Bertz CT molecular complexity index is 3420. The second kappa shape index (κ2) is 12.6. The van der Waals surface area contributed by atoms with Gasteiger partial charge in [0.1, 0.15) is 11.2 Å². The van der Waals surface area contributed by atoms with Crippen molar-refractivity contribution in [3.8, 4) is 51.0 Å². The minimum atomic E-state index is 0.652. The molecule has 0 N–H and O–H groups in total. The molecule has 5 nitrogen and oxygen atoms in total. The van der Waals surface area contributed by atoms with Gasteiger partial charge in [0.2, 0.25) is 0 Å². The molecule has 0 fully saturated rings. The molecule has 12 rings (SSSR count). The molecule has 266 valence electrons. The van der Waals surface area contributed by atoms with E-state index in [1.54, 1.807) is 11.3 Å². The van der Waals surface area contributed by atoms with E-state index in [1.807, 2.05) is 60.7 Å². The summed E-state index contributed by atoms with van der Waals surface area (Å²) in [5.74, 6) is 1.96. The Labute approximate surface area is 330 Å². The average Bonchev–Trinajstić information content (AvgIpc) is 3.95. The van der Waals surface area contributed by atoms with Gasteiger partial charge in [-0.1, -0.05) is 133 Å². The molecule has 0 amide bonds. The summed E-state index contributed by atoms with van der Waals surface area (Å²) in [4.78, 5) is 14.9. The monoisotopic (exact) mass is 746 g/mol. The molecule has 6 heteroatoms. The van der Waals surface area contributed by atoms with Gasteiger partial charge in [0.05, 0.1) is 11.0 Å². The Balaban J connectivity index is 0.957. The third-order valence-corrected chi connectivity index (χ3v) is 12.3. The van der Waals surface area contributed by atoms with Crippen molar-refractivity contribution in [3.05, 3.63) is 182 Å². The first-order valence-electron chi connectivity index (χ1n) is 19.0. The van der Waals surface area contributed by atoms with E-state index in [0.29, 0.717) is 17.5 Å². The topological polar surface area (TPSA) is 56.7 Å². The number of aromatic nitrogens is 4. The zero-order valence-corrected chi connectivity index (χ0v) is 31.2. The van der Waals surface area contributed by atoms with Crippen LogP contribution < -0.4 is 0 Å². The first-order chi connectivity index (χ1) is 28.2. The Kier molecular flexibility index (Phi) is 7.03. The van der Waals surface area contributed by atoms with Crippen molar-refractivity contribution in [3.63, 3.8) is 0 Å². The molecule has 0 saturated carbocycles. The summed E-state index contributed by atoms with van der Waals surface area (Å²) in [6, 6.07) is 63.8. The second-order valence-electron chi connectivity index (χ2n) is 14.4. The number of hydrogen-bond donors (Lipinski definition) is 0. The first kappa shape index (κ1) is 31.9. The van der Waals surface area contributed by atoms with Crippen LogP contribution in [-0.2, 0) is 0 Å². The number of thiophene rings is 1. The van der Waals surface area contributed by atoms with Gasteiger partial charge >= 0.3 is 0 Å². The highest BCUT2D eigenvalue weighted by Gasteiger charge is 2.18. The van der Waals surface area contributed by atoms with Crippen molar-refractivity contribution >= 4 is 75.3 Å². The van der Waals surface area contributed by atoms with E-state index in [1.165, 1.54) is 47.5 Å². The van der Waals surface area contributed by atoms with E-state index in [2.05, 4.69) is 126 Å². The second-order valence-corrected chi connectivity index (χ2v) is 15.4. The number of furan rings is 1. The minimum Gasteiger partial charge on any atom is -0.456 e. The molecule has 0 aliphatic rings. The van der Waals surface area contributed by atoms with E-state index in [0.717, 1.165) is 49.9 Å². The van der Waals surface area contributed by atoms with Crippen LogP contribution in [0.3, 0.4) is 0 Å². The largest absolute Gasteiger partial charge is 0.456 e. The molecule has 57 heavy (non-hydrogen) atoms. The van der Waals surface area contributed by atoms with Crippen molar-refractivity contribution in [2.24, 2.45) is 0 Å². The third kappa shape index (κ3) is 5.12. The van der Waals surface area contributed by atoms with E-state index < -0.39 is 0 Å². The van der Waals surface area contributed by atoms with Crippen LogP contribution in [0.15, 0.2) is 186 Å². The molecule has 0 spiro atoms. The zero-order valence-electron chi connectivity index (χ0n) is 30.4. The van der Waals surface area contributed by atoms with Crippen LogP contribution in [-0.4, -0.2) is 19.5 Å². The maximum absolute atomic E-state index is 6.56. The molecule has 4 aromatic heterocycles. The minimum absolute atomic E-state index is 0.652. The predicted octanol–water partition coefficient (Wildman–Crippen LogP) is 13.9. The van der Waals surface area contributed by atoms with Gasteiger partial charge in [0.25, 0.3) is 0 Å². The summed E-state index contributed by atoms with van der Waals surface area (Å²) >= 11 is 1.80. The fourth-order valence-corrected chi connectivity index (χ4v) is 9.65. The van der Waals surface area contributed by atoms with Crippen molar-refractivity contribution in [2.75, 3.05) is 0 Å². The average molecular weight is 747 g/mol. The number of para-hydroxylation sites is 2. The quantitative estimate of drug-likeness (QED) is 0.176. The van der Waals surface area contributed by atoms with Gasteiger partial charge in [-0.2, -0.15) is 0 Å². The van der Waals surface area contributed by atoms with E-state index >= 15 is 0 Å². The van der Waals surface area contributed by atoms with Crippen molar-refractivity contribution in [1.82, 2.24) is 19.5 Å². The van der Waals surface area contributed by atoms with E-state index in [4.69, 9.17) is 19.4 Å². The predicted molar refractivity (Wildman–Crippen MR) is 236 cm³/mol. The highest BCUT2D eigenvalue weighted by molar-refractivity contribution is 7.26.